The number of carbonyl (C=O) groups excluding carboxylic acids is 1. The first kappa shape index (κ1) is 14.8. The maximum atomic E-state index is 11.7. The van der Waals surface area contributed by atoms with Crippen molar-refractivity contribution in [2.24, 2.45) is 0 Å². The summed E-state index contributed by atoms with van der Waals surface area (Å²) in [5.41, 5.74) is 0.462. The number of ether oxygens (including phenoxy) is 1. The number of para-hydroxylation sites is 1. The van der Waals surface area contributed by atoms with E-state index in [-0.39, 0.29) is 17.9 Å². The van der Waals surface area contributed by atoms with Gasteiger partial charge in [-0.15, -0.1) is 0 Å². The Morgan fingerprint density at radius 3 is 2.76 bits per heavy atom. The number of amides is 1. The minimum Gasteiger partial charge on any atom is -0.482 e. The standard InChI is InChI=1S/C14H11ClN2O4/c15-11-3-1-2-4-12(11)17-13(18)8-21-10-5-9(14(19)20)6-16-7-10/h1-7H,8H2,(H,17,18)(H,19,20). The number of rotatable bonds is 5. The highest BCUT2D eigenvalue weighted by Gasteiger charge is 2.08. The molecule has 2 rings (SSSR count). The molecule has 0 saturated carbocycles. The number of hydrogen-bond acceptors (Lipinski definition) is 4. The molecule has 0 aliphatic carbocycles. The molecule has 1 aromatic carbocycles. The van der Waals surface area contributed by atoms with Crippen LogP contribution < -0.4 is 10.1 Å². The smallest absolute Gasteiger partial charge is 0.337 e. The molecule has 0 saturated heterocycles. The van der Waals surface area contributed by atoms with Gasteiger partial charge in [0.25, 0.3) is 5.91 Å². The van der Waals surface area contributed by atoms with Gasteiger partial charge in [0.1, 0.15) is 5.75 Å². The van der Waals surface area contributed by atoms with Crippen LogP contribution in [-0.4, -0.2) is 28.6 Å². The zero-order valence-corrected chi connectivity index (χ0v) is 11.5. The Bertz CT molecular complexity index is 676. The quantitative estimate of drug-likeness (QED) is 0.885. The summed E-state index contributed by atoms with van der Waals surface area (Å²) in [6, 6.07) is 8.09. The molecule has 2 N–H and O–H groups in total. The van der Waals surface area contributed by atoms with Gasteiger partial charge in [-0.1, -0.05) is 23.7 Å². The lowest BCUT2D eigenvalue weighted by molar-refractivity contribution is -0.118. The van der Waals surface area contributed by atoms with E-state index in [1.54, 1.807) is 24.3 Å². The van der Waals surface area contributed by atoms with Crippen LogP contribution in [0.15, 0.2) is 42.7 Å². The van der Waals surface area contributed by atoms with Crippen LogP contribution in [0.3, 0.4) is 0 Å². The molecule has 1 amide bonds. The zero-order chi connectivity index (χ0) is 15.2. The highest BCUT2D eigenvalue weighted by Crippen LogP contribution is 2.20. The van der Waals surface area contributed by atoms with Crippen molar-refractivity contribution in [1.82, 2.24) is 4.98 Å². The van der Waals surface area contributed by atoms with E-state index in [0.29, 0.717) is 10.7 Å². The molecule has 0 radical (unpaired) electrons. The van der Waals surface area contributed by atoms with Gasteiger partial charge in [0.05, 0.1) is 22.5 Å². The van der Waals surface area contributed by atoms with E-state index in [0.717, 1.165) is 0 Å². The minimum absolute atomic E-state index is 0.0148. The first-order chi connectivity index (χ1) is 10.1. The number of pyridine rings is 1. The fourth-order valence-electron chi connectivity index (χ4n) is 1.51. The largest absolute Gasteiger partial charge is 0.482 e. The number of benzene rings is 1. The van der Waals surface area contributed by atoms with Crippen LogP contribution in [0.4, 0.5) is 5.69 Å². The molecule has 1 heterocycles. The molecule has 0 aliphatic heterocycles. The number of hydrogen-bond donors (Lipinski definition) is 2. The molecule has 6 nitrogen and oxygen atoms in total. The number of carboxylic acids is 1. The number of carboxylic acid groups (broad SMARTS) is 1. The highest BCUT2D eigenvalue weighted by molar-refractivity contribution is 6.33. The van der Waals surface area contributed by atoms with Crippen LogP contribution in [0.2, 0.25) is 5.02 Å². The molecule has 0 aliphatic rings. The first-order valence-corrected chi connectivity index (χ1v) is 6.29. The van der Waals surface area contributed by atoms with E-state index in [4.69, 9.17) is 21.4 Å². The summed E-state index contributed by atoms with van der Waals surface area (Å²) in [6.45, 7) is -0.282. The summed E-state index contributed by atoms with van der Waals surface area (Å²) in [5.74, 6) is -1.33. The molecule has 7 heteroatoms. The van der Waals surface area contributed by atoms with E-state index in [1.807, 2.05) is 0 Å². The fourth-order valence-corrected chi connectivity index (χ4v) is 1.70. The number of aromatic nitrogens is 1. The average Bonchev–Trinajstić information content (AvgIpc) is 2.48. The minimum atomic E-state index is -1.12. The van der Waals surface area contributed by atoms with E-state index in [1.165, 1.54) is 18.5 Å². The van der Waals surface area contributed by atoms with E-state index < -0.39 is 11.9 Å². The van der Waals surface area contributed by atoms with E-state index in [2.05, 4.69) is 10.3 Å². The number of halogens is 1. The van der Waals surface area contributed by atoms with E-state index in [9.17, 15) is 9.59 Å². The van der Waals surface area contributed by atoms with Crippen LogP contribution in [0.5, 0.6) is 5.75 Å². The maximum absolute atomic E-state index is 11.7. The summed E-state index contributed by atoms with van der Waals surface area (Å²) >= 11 is 5.91. The van der Waals surface area contributed by atoms with Gasteiger partial charge in [0, 0.05) is 6.20 Å². The average molecular weight is 307 g/mol. The van der Waals surface area contributed by atoms with Gasteiger partial charge in [-0.3, -0.25) is 9.78 Å². The molecule has 0 unspecified atom stereocenters. The van der Waals surface area contributed by atoms with Crippen LogP contribution in [0.25, 0.3) is 0 Å². The normalized spacial score (nSPS) is 9.95. The third kappa shape index (κ3) is 4.19. The summed E-state index contributed by atoms with van der Waals surface area (Å²) in [4.78, 5) is 26.2. The summed E-state index contributed by atoms with van der Waals surface area (Å²) in [7, 11) is 0. The molecule has 0 fully saturated rings. The van der Waals surface area contributed by atoms with Crippen molar-refractivity contribution in [3.63, 3.8) is 0 Å². The molecule has 108 valence electrons. The molecule has 21 heavy (non-hydrogen) atoms. The van der Waals surface area contributed by atoms with Gasteiger partial charge < -0.3 is 15.2 Å². The van der Waals surface area contributed by atoms with Gasteiger partial charge in [0.2, 0.25) is 0 Å². The number of anilines is 1. The van der Waals surface area contributed by atoms with Crippen molar-refractivity contribution in [3.8, 4) is 5.75 Å². The number of aromatic carboxylic acids is 1. The summed E-state index contributed by atoms with van der Waals surface area (Å²) in [5, 5.41) is 11.8. The fraction of sp³-hybridized carbons (Fsp3) is 0.0714. The molecule has 1 aromatic heterocycles. The molecule has 0 bridgehead atoms. The van der Waals surface area contributed by atoms with Crippen molar-refractivity contribution >= 4 is 29.2 Å². The maximum Gasteiger partial charge on any atom is 0.337 e. The Hall–Kier alpha value is -2.60. The second-order valence-electron chi connectivity index (χ2n) is 4.03. The van der Waals surface area contributed by atoms with Crippen molar-refractivity contribution in [1.29, 1.82) is 0 Å². The summed E-state index contributed by atoms with van der Waals surface area (Å²) in [6.07, 6.45) is 2.52. The SMILES string of the molecule is O=C(COc1cncc(C(=O)O)c1)Nc1ccccc1Cl. The van der Waals surface area contributed by atoms with Gasteiger partial charge in [-0.05, 0) is 18.2 Å². The Balaban J connectivity index is 1.94. The molecular weight excluding hydrogens is 296 g/mol. The van der Waals surface area contributed by atoms with Crippen LogP contribution in [-0.2, 0) is 4.79 Å². The number of nitrogens with one attached hydrogen (secondary N) is 1. The van der Waals surface area contributed by atoms with Crippen LogP contribution in [0, 0.1) is 0 Å². The van der Waals surface area contributed by atoms with Gasteiger partial charge in [-0.2, -0.15) is 0 Å². The highest BCUT2D eigenvalue weighted by atomic mass is 35.5. The van der Waals surface area contributed by atoms with E-state index >= 15 is 0 Å². The van der Waals surface area contributed by atoms with Gasteiger partial charge in [0.15, 0.2) is 6.61 Å². The van der Waals surface area contributed by atoms with Crippen LogP contribution in [0.1, 0.15) is 10.4 Å². The molecule has 2 aromatic rings. The van der Waals surface area contributed by atoms with Crippen molar-refractivity contribution in [2.45, 2.75) is 0 Å². The van der Waals surface area contributed by atoms with Gasteiger partial charge >= 0.3 is 5.97 Å². The lowest BCUT2D eigenvalue weighted by Gasteiger charge is -2.08. The van der Waals surface area contributed by atoms with Crippen LogP contribution >= 0.6 is 11.6 Å². The number of carbonyl (C=O) groups is 2. The summed E-state index contributed by atoms with van der Waals surface area (Å²) < 4.78 is 5.19. The first-order valence-electron chi connectivity index (χ1n) is 5.92. The molecule has 0 spiro atoms. The Kier molecular flexibility index (Phi) is 4.73. The second-order valence-corrected chi connectivity index (χ2v) is 4.44. The molecule has 0 atom stereocenters. The third-order valence-corrected chi connectivity index (χ3v) is 2.81. The third-order valence-electron chi connectivity index (χ3n) is 2.48. The van der Waals surface area contributed by atoms with Crippen molar-refractivity contribution in [3.05, 3.63) is 53.3 Å². The predicted octanol–water partition coefficient (Wildman–Crippen LogP) is 2.45. The number of nitrogens with zero attached hydrogens (tertiary/aromatic N) is 1. The topological polar surface area (TPSA) is 88.5 Å². The lowest BCUT2D eigenvalue weighted by Crippen LogP contribution is -2.20. The Labute approximate surface area is 125 Å². The zero-order valence-electron chi connectivity index (χ0n) is 10.7. The Morgan fingerprint density at radius 2 is 2.05 bits per heavy atom. The van der Waals surface area contributed by atoms with Crippen molar-refractivity contribution < 1.29 is 19.4 Å². The lowest BCUT2D eigenvalue weighted by atomic mass is 10.3. The second kappa shape index (κ2) is 6.71. The molecular formula is C14H11ClN2O4. The van der Waals surface area contributed by atoms with Crippen molar-refractivity contribution in [2.75, 3.05) is 11.9 Å². The Morgan fingerprint density at radius 1 is 1.29 bits per heavy atom. The van der Waals surface area contributed by atoms with Gasteiger partial charge in [-0.25, -0.2) is 4.79 Å². The predicted molar refractivity (Wildman–Crippen MR) is 76.8 cm³/mol. The monoisotopic (exact) mass is 306 g/mol.